The van der Waals surface area contributed by atoms with Crippen molar-refractivity contribution in [1.29, 1.82) is 0 Å². The largest absolute Gasteiger partial charge is 0.383 e. The Kier molecular flexibility index (Phi) is 11.1. The van der Waals surface area contributed by atoms with Crippen molar-refractivity contribution in [3.8, 4) is 0 Å². The predicted octanol–water partition coefficient (Wildman–Crippen LogP) is 3.39. The maximum atomic E-state index is 10.6. The molecule has 0 saturated heterocycles. The Morgan fingerprint density at radius 1 is 1.35 bits per heavy atom. The summed E-state index contributed by atoms with van der Waals surface area (Å²) in [4.78, 5) is 8.00. The van der Waals surface area contributed by atoms with Crippen molar-refractivity contribution in [1.82, 2.24) is 15.5 Å². The maximum absolute atomic E-state index is 10.6. The van der Waals surface area contributed by atoms with Gasteiger partial charge in [0.25, 0.3) is 0 Å². The number of halogens is 1. The van der Waals surface area contributed by atoms with E-state index in [0.717, 1.165) is 36.5 Å². The lowest BCUT2D eigenvalue weighted by atomic mass is 9.94. The summed E-state index contributed by atoms with van der Waals surface area (Å²) in [5, 5.41) is 19.3. The van der Waals surface area contributed by atoms with Crippen LogP contribution in [-0.4, -0.2) is 55.2 Å². The standard InChI is InChI=1S/C19H34N4OS.HI/c1-4-20-18(22-15-19(2,24)17-11-8-14-25-17)21-12-13-23(3)16-9-6-5-7-10-16;/h8,11,14,16,24H,4-7,9-10,12-13,15H2,1-3H3,(H2,20,21,22);1H. The van der Waals surface area contributed by atoms with Gasteiger partial charge < -0.3 is 20.6 Å². The molecule has 0 bridgehead atoms. The van der Waals surface area contributed by atoms with E-state index in [2.05, 4.69) is 34.5 Å². The zero-order valence-corrected chi connectivity index (χ0v) is 19.5. The third-order valence-corrected chi connectivity index (χ3v) is 6.02. The predicted molar refractivity (Wildman–Crippen MR) is 123 cm³/mol. The highest BCUT2D eigenvalue weighted by atomic mass is 127. The average Bonchev–Trinajstić information content (AvgIpc) is 3.16. The lowest BCUT2D eigenvalue weighted by molar-refractivity contribution is 0.0711. The molecule has 1 heterocycles. The van der Waals surface area contributed by atoms with Crippen LogP contribution in [0, 0.1) is 0 Å². The van der Waals surface area contributed by atoms with Crippen LogP contribution in [0.15, 0.2) is 22.5 Å². The van der Waals surface area contributed by atoms with Gasteiger partial charge in [0.05, 0.1) is 6.54 Å². The minimum Gasteiger partial charge on any atom is -0.383 e. The first-order valence-corrected chi connectivity index (χ1v) is 10.4. The Labute approximate surface area is 179 Å². The van der Waals surface area contributed by atoms with Gasteiger partial charge in [-0.15, -0.1) is 35.3 Å². The molecule has 1 saturated carbocycles. The fourth-order valence-corrected chi connectivity index (χ4v) is 4.07. The number of nitrogens with zero attached hydrogens (tertiary/aromatic N) is 2. The normalized spacial score (nSPS) is 18.3. The number of hydrogen-bond acceptors (Lipinski definition) is 4. The fourth-order valence-electron chi connectivity index (χ4n) is 3.29. The van der Waals surface area contributed by atoms with Gasteiger partial charge in [-0.1, -0.05) is 25.3 Å². The number of aliphatic imine (C=N–C) groups is 1. The first-order chi connectivity index (χ1) is 12.0. The molecular formula is C19H35IN4OS. The highest BCUT2D eigenvalue weighted by Crippen LogP contribution is 2.25. The first kappa shape index (κ1) is 23.7. The molecule has 150 valence electrons. The molecule has 26 heavy (non-hydrogen) atoms. The topological polar surface area (TPSA) is 59.9 Å². The second kappa shape index (κ2) is 12.2. The summed E-state index contributed by atoms with van der Waals surface area (Å²) >= 11 is 1.57. The molecule has 0 amide bonds. The highest BCUT2D eigenvalue weighted by molar-refractivity contribution is 14.0. The van der Waals surface area contributed by atoms with Gasteiger partial charge in [-0.2, -0.15) is 0 Å². The molecule has 0 aromatic carbocycles. The minimum absolute atomic E-state index is 0. The zero-order valence-electron chi connectivity index (χ0n) is 16.3. The zero-order chi connectivity index (χ0) is 18.1. The van der Waals surface area contributed by atoms with E-state index in [0.29, 0.717) is 6.54 Å². The van der Waals surface area contributed by atoms with Crippen LogP contribution in [0.2, 0.25) is 0 Å². The maximum Gasteiger partial charge on any atom is 0.191 e. The van der Waals surface area contributed by atoms with E-state index in [1.54, 1.807) is 11.3 Å². The van der Waals surface area contributed by atoms with Crippen molar-refractivity contribution >= 4 is 41.3 Å². The monoisotopic (exact) mass is 494 g/mol. The first-order valence-electron chi connectivity index (χ1n) is 9.51. The molecule has 1 fully saturated rings. The van der Waals surface area contributed by atoms with Gasteiger partial charge >= 0.3 is 0 Å². The molecule has 0 aliphatic heterocycles. The van der Waals surface area contributed by atoms with Crippen LogP contribution in [-0.2, 0) is 5.60 Å². The van der Waals surface area contributed by atoms with Crippen molar-refractivity contribution in [2.24, 2.45) is 4.99 Å². The molecule has 0 spiro atoms. The second-order valence-electron chi connectivity index (χ2n) is 7.15. The highest BCUT2D eigenvalue weighted by Gasteiger charge is 2.24. The van der Waals surface area contributed by atoms with E-state index in [9.17, 15) is 5.11 Å². The number of aliphatic hydroxyl groups is 1. The number of rotatable bonds is 8. The van der Waals surface area contributed by atoms with E-state index >= 15 is 0 Å². The second-order valence-corrected chi connectivity index (χ2v) is 8.09. The van der Waals surface area contributed by atoms with Crippen molar-refractivity contribution in [3.05, 3.63) is 22.4 Å². The summed E-state index contributed by atoms with van der Waals surface area (Å²) in [5.74, 6) is 0.774. The number of nitrogens with one attached hydrogen (secondary N) is 2. The van der Waals surface area contributed by atoms with Crippen LogP contribution < -0.4 is 10.6 Å². The molecule has 5 nitrogen and oxygen atoms in total. The van der Waals surface area contributed by atoms with Gasteiger partial charge in [0, 0.05) is 30.6 Å². The SMILES string of the molecule is CCNC(=NCC(C)(O)c1cccs1)NCCN(C)C1CCCCC1.I. The number of thiophene rings is 1. The molecule has 1 unspecified atom stereocenters. The Morgan fingerprint density at radius 3 is 2.69 bits per heavy atom. The molecule has 2 rings (SSSR count). The average molecular weight is 494 g/mol. The van der Waals surface area contributed by atoms with E-state index in [-0.39, 0.29) is 24.0 Å². The van der Waals surface area contributed by atoms with E-state index in [1.165, 1.54) is 32.1 Å². The van der Waals surface area contributed by atoms with Gasteiger partial charge in [0.2, 0.25) is 0 Å². The summed E-state index contributed by atoms with van der Waals surface area (Å²) in [5.41, 5.74) is -0.921. The lowest BCUT2D eigenvalue weighted by Gasteiger charge is -2.31. The molecule has 1 aromatic heterocycles. The minimum atomic E-state index is -0.921. The van der Waals surface area contributed by atoms with Gasteiger partial charge in [-0.3, -0.25) is 0 Å². The quantitative estimate of drug-likeness (QED) is 0.295. The molecular weight excluding hydrogens is 459 g/mol. The number of likely N-dealkylation sites (N-methyl/N-ethyl adjacent to an activating group) is 1. The van der Waals surface area contributed by atoms with Crippen molar-refractivity contribution in [3.63, 3.8) is 0 Å². The van der Waals surface area contributed by atoms with Crippen molar-refractivity contribution in [2.75, 3.05) is 33.2 Å². The number of hydrogen-bond donors (Lipinski definition) is 3. The Bertz CT molecular complexity index is 516. The lowest BCUT2D eigenvalue weighted by Crippen LogP contribution is -2.44. The van der Waals surface area contributed by atoms with Gasteiger partial charge in [-0.05, 0) is 45.2 Å². The summed E-state index contributed by atoms with van der Waals surface area (Å²) < 4.78 is 0. The van der Waals surface area contributed by atoms with Crippen LogP contribution in [0.5, 0.6) is 0 Å². The van der Waals surface area contributed by atoms with Crippen molar-refractivity contribution < 1.29 is 5.11 Å². The van der Waals surface area contributed by atoms with Crippen LogP contribution in [0.3, 0.4) is 0 Å². The Hall–Kier alpha value is -0.380. The van der Waals surface area contributed by atoms with Crippen LogP contribution in [0.4, 0.5) is 0 Å². The van der Waals surface area contributed by atoms with Crippen LogP contribution in [0.1, 0.15) is 50.8 Å². The molecule has 1 aliphatic rings. The van der Waals surface area contributed by atoms with Crippen LogP contribution in [0.25, 0.3) is 0 Å². The third kappa shape index (κ3) is 7.70. The molecule has 7 heteroatoms. The molecule has 3 N–H and O–H groups in total. The summed E-state index contributed by atoms with van der Waals surface area (Å²) in [6, 6.07) is 4.65. The summed E-state index contributed by atoms with van der Waals surface area (Å²) in [6.45, 7) is 6.91. The third-order valence-electron chi connectivity index (χ3n) is 4.90. The Balaban J connectivity index is 0.00000338. The molecule has 0 radical (unpaired) electrons. The van der Waals surface area contributed by atoms with Gasteiger partial charge in [0.15, 0.2) is 5.96 Å². The van der Waals surface area contributed by atoms with Gasteiger partial charge in [0.1, 0.15) is 5.60 Å². The van der Waals surface area contributed by atoms with E-state index < -0.39 is 5.60 Å². The summed E-state index contributed by atoms with van der Waals surface area (Å²) in [6.07, 6.45) is 6.78. The number of guanidine groups is 1. The molecule has 1 aliphatic carbocycles. The van der Waals surface area contributed by atoms with Crippen LogP contribution >= 0.6 is 35.3 Å². The Morgan fingerprint density at radius 2 is 2.08 bits per heavy atom. The van der Waals surface area contributed by atoms with Crippen molar-refractivity contribution in [2.45, 2.75) is 57.6 Å². The molecule has 1 atom stereocenters. The smallest absolute Gasteiger partial charge is 0.191 e. The fraction of sp³-hybridized carbons (Fsp3) is 0.737. The van der Waals surface area contributed by atoms with E-state index in [4.69, 9.17) is 0 Å². The molecule has 1 aromatic rings. The van der Waals surface area contributed by atoms with E-state index in [1.807, 2.05) is 24.4 Å². The summed E-state index contributed by atoms with van der Waals surface area (Å²) in [7, 11) is 2.23. The van der Waals surface area contributed by atoms with Gasteiger partial charge in [-0.25, -0.2) is 4.99 Å².